The molecule has 19 heavy (non-hydrogen) atoms. The fourth-order valence-corrected chi connectivity index (χ4v) is 3.46. The van der Waals surface area contributed by atoms with Crippen LogP contribution in [-0.4, -0.2) is 42.7 Å². The van der Waals surface area contributed by atoms with Gasteiger partial charge in [0.05, 0.1) is 0 Å². The number of rotatable bonds is 6. The fraction of sp³-hybridized carbons (Fsp3) is 0.500. The monoisotopic (exact) mass is 369 g/mol. The summed E-state index contributed by atoms with van der Waals surface area (Å²) < 4.78 is 38.6. The summed E-state index contributed by atoms with van der Waals surface area (Å²) in [5.41, 5.74) is 0. The summed E-state index contributed by atoms with van der Waals surface area (Å²) in [5, 5.41) is 2.47. The SMILES string of the molecule is CNc1ncc(Br)cc1S(=O)(=O)NCC(C)S(C)=O. The normalized spacial score (nSPS) is 14.9. The Morgan fingerprint density at radius 3 is 2.68 bits per heavy atom. The van der Waals surface area contributed by atoms with Gasteiger partial charge in [-0.15, -0.1) is 0 Å². The van der Waals surface area contributed by atoms with Gasteiger partial charge in [0.25, 0.3) is 0 Å². The molecule has 1 aromatic rings. The van der Waals surface area contributed by atoms with Crippen molar-refractivity contribution in [1.82, 2.24) is 9.71 Å². The van der Waals surface area contributed by atoms with Gasteiger partial charge >= 0.3 is 0 Å². The minimum absolute atomic E-state index is 0.0541. The van der Waals surface area contributed by atoms with E-state index in [9.17, 15) is 12.6 Å². The van der Waals surface area contributed by atoms with Crippen LogP contribution in [-0.2, 0) is 20.8 Å². The molecule has 9 heteroatoms. The molecule has 1 heterocycles. The molecule has 0 amide bonds. The van der Waals surface area contributed by atoms with Gasteiger partial charge in [-0.3, -0.25) is 4.21 Å². The first kappa shape index (κ1) is 16.5. The van der Waals surface area contributed by atoms with Crippen molar-refractivity contribution in [3.8, 4) is 0 Å². The summed E-state index contributed by atoms with van der Waals surface area (Å²) in [5.74, 6) is 0.265. The number of anilines is 1. The summed E-state index contributed by atoms with van der Waals surface area (Å²) in [7, 11) is -3.18. The van der Waals surface area contributed by atoms with Crippen LogP contribution in [0.5, 0.6) is 0 Å². The van der Waals surface area contributed by atoms with Crippen LogP contribution in [0.25, 0.3) is 0 Å². The fourth-order valence-electron chi connectivity index (χ4n) is 1.24. The van der Waals surface area contributed by atoms with Crippen molar-refractivity contribution in [3.05, 3.63) is 16.7 Å². The zero-order valence-corrected chi connectivity index (χ0v) is 14.0. The predicted molar refractivity (Wildman–Crippen MR) is 80.2 cm³/mol. The van der Waals surface area contributed by atoms with Gasteiger partial charge in [-0.2, -0.15) is 0 Å². The van der Waals surface area contributed by atoms with E-state index in [0.717, 1.165) is 0 Å². The van der Waals surface area contributed by atoms with E-state index in [1.54, 1.807) is 20.2 Å². The number of hydrogen-bond donors (Lipinski definition) is 2. The van der Waals surface area contributed by atoms with Gasteiger partial charge in [-0.1, -0.05) is 0 Å². The van der Waals surface area contributed by atoms with E-state index in [4.69, 9.17) is 0 Å². The number of nitrogens with zero attached hydrogens (tertiary/aromatic N) is 1. The molecule has 2 unspecified atom stereocenters. The van der Waals surface area contributed by atoms with Gasteiger partial charge in [0.1, 0.15) is 10.7 Å². The lowest BCUT2D eigenvalue weighted by molar-refractivity contribution is 0.580. The van der Waals surface area contributed by atoms with Crippen molar-refractivity contribution in [2.45, 2.75) is 17.1 Å². The van der Waals surface area contributed by atoms with E-state index in [1.807, 2.05) is 0 Å². The Morgan fingerprint density at radius 1 is 1.53 bits per heavy atom. The summed E-state index contributed by atoms with van der Waals surface area (Å²) >= 11 is 3.19. The van der Waals surface area contributed by atoms with Crippen molar-refractivity contribution >= 4 is 42.6 Å². The topological polar surface area (TPSA) is 88.2 Å². The van der Waals surface area contributed by atoms with Gasteiger partial charge in [-0.25, -0.2) is 18.1 Å². The molecule has 0 radical (unpaired) electrons. The zero-order chi connectivity index (χ0) is 14.6. The average molecular weight is 370 g/mol. The largest absolute Gasteiger partial charge is 0.372 e. The van der Waals surface area contributed by atoms with E-state index in [1.165, 1.54) is 12.3 Å². The van der Waals surface area contributed by atoms with Crippen LogP contribution in [0.2, 0.25) is 0 Å². The maximum absolute atomic E-state index is 12.2. The van der Waals surface area contributed by atoms with E-state index in [2.05, 4.69) is 31.0 Å². The Labute approximate surface area is 124 Å². The smallest absolute Gasteiger partial charge is 0.244 e. The predicted octanol–water partition coefficient (Wildman–Crippen LogP) is 0.931. The summed E-state index contributed by atoms with van der Waals surface area (Å²) in [6.07, 6.45) is 3.05. The molecule has 2 N–H and O–H groups in total. The van der Waals surface area contributed by atoms with E-state index >= 15 is 0 Å². The van der Waals surface area contributed by atoms with Crippen molar-refractivity contribution in [3.63, 3.8) is 0 Å². The molecule has 0 aliphatic heterocycles. The highest BCUT2D eigenvalue weighted by atomic mass is 79.9. The van der Waals surface area contributed by atoms with Crippen molar-refractivity contribution in [2.75, 3.05) is 25.2 Å². The van der Waals surface area contributed by atoms with Crippen LogP contribution >= 0.6 is 15.9 Å². The highest BCUT2D eigenvalue weighted by Crippen LogP contribution is 2.22. The molecule has 108 valence electrons. The van der Waals surface area contributed by atoms with Crippen LogP contribution in [0.4, 0.5) is 5.82 Å². The third kappa shape index (κ3) is 4.51. The zero-order valence-electron chi connectivity index (χ0n) is 10.8. The Morgan fingerprint density at radius 2 is 2.16 bits per heavy atom. The first-order valence-corrected chi connectivity index (χ1v) is 9.33. The highest BCUT2D eigenvalue weighted by molar-refractivity contribution is 9.10. The first-order valence-electron chi connectivity index (χ1n) is 5.43. The number of nitrogens with one attached hydrogen (secondary N) is 2. The van der Waals surface area contributed by atoms with Crippen molar-refractivity contribution in [2.24, 2.45) is 0 Å². The molecule has 0 spiro atoms. The third-order valence-electron chi connectivity index (χ3n) is 2.47. The minimum atomic E-state index is -3.69. The Kier molecular flexibility index (Phi) is 5.90. The van der Waals surface area contributed by atoms with Crippen molar-refractivity contribution in [1.29, 1.82) is 0 Å². The number of sulfonamides is 1. The molecule has 2 atom stereocenters. The lowest BCUT2D eigenvalue weighted by Crippen LogP contribution is -2.33. The van der Waals surface area contributed by atoms with Gasteiger partial charge in [0, 0.05) is 46.6 Å². The maximum Gasteiger partial charge on any atom is 0.244 e. The molecule has 1 aromatic heterocycles. The number of aromatic nitrogens is 1. The molecule has 0 bridgehead atoms. The highest BCUT2D eigenvalue weighted by Gasteiger charge is 2.21. The van der Waals surface area contributed by atoms with E-state index in [0.29, 0.717) is 4.47 Å². The molecule has 0 aliphatic rings. The Bertz CT molecular complexity index is 577. The standard InChI is InChI=1S/C10H16BrN3O3S2/c1-7(18(3)15)5-14-19(16,17)9-4-8(11)6-13-10(9)12-2/h4,6-7,14H,5H2,1-3H3,(H,12,13). The molecular weight excluding hydrogens is 354 g/mol. The summed E-state index contributed by atoms with van der Waals surface area (Å²) in [6, 6.07) is 1.47. The second-order valence-electron chi connectivity index (χ2n) is 3.91. The molecule has 0 fully saturated rings. The summed E-state index contributed by atoms with van der Waals surface area (Å²) in [4.78, 5) is 4.04. The molecule has 0 saturated carbocycles. The van der Waals surface area contributed by atoms with E-state index < -0.39 is 20.8 Å². The molecule has 0 aromatic carbocycles. The van der Waals surface area contributed by atoms with Crippen LogP contribution in [0.15, 0.2) is 21.6 Å². The number of halogens is 1. The first-order chi connectivity index (χ1) is 8.77. The van der Waals surface area contributed by atoms with Gasteiger partial charge in [-0.05, 0) is 28.9 Å². The van der Waals surface area contributed by atoms with Crippen LogP contribution < -0.4 is 10.0 Å². The Balaban J connectivity index is 3.00. The minimum Gasteiger partial charge on any atom is -0.372 e. The number of hydrogen-bond acceptors (Lipinski definition) is 5. The number of pyridine rings is 1. The van der Waals surface area contributed by atoms with Gasteiger partial charge in [0.15, 0.2) is 0 Å². The van der Waals surface area contributed by atoms with E-state index in [-0.39, 0.29) is 22.5 Å². The molecule has 1 rings (SSSR count). The van der Waals surface area contributed by atoms with Crippen molar-refractivity contribution < 1.29 is 12.6 Å². The maximum atomic E-state index is 12.2. The third-order valence-corrected chi connectivity index (χ3v) is 5.64. The quantitative estimate of drug-likeness (QED) is 0.778. The van der Waals surface area contributed by atoms with Crippen LogP contribution in [0.3, 0.4) is 0 Å². The molecule has 0 saturated heterocycles. The lowest BCUT2D eigenvalue weighted by Gasteiger charge is -2.13. The Hall–Kier alpha value is -0.510. The molecular formula is C10H16BrN3O3S2. The van der Waals surface area contributed by atoms with Crippen LogP contribution in [0.1, 0.15) is 6.92 Å². The van der Waals surface area contributed by atoms with Crippen LogP contribution in [0, 0.1) is 0 Å². The second kappa shape index (κ2) is 6.78. The lowest BCUT2D eigenvalue weighted by atomic mass is 10.4. The van der Waals surface area contributed by atoms with Gasteiger partial charge < -0.3 is 5.32 Å². The average Bonchev–Trinajstić information content (AvgIpc) is 2.35. The molecule has 0 aliphatic carbocycles. The second-order valence-corrected chi connectivity index (χ2v) is 8.36. The summed E-state index contributed by atoms with van der Waals surface area (Å²) in [6.45, 7) is 1.83. The molecule has 6 nitrogen and oxygen atoms in total. The van der Waals surface area contributed by atoms with Gasteiger partial charge in [0.2, 0.25) is 10.0 Å².